The van der Waals surface area contributed by atoms with Crippen molar-refractivity contribution in [3.8, 4) is 0 Å². The lowest BCUT2D eigenvalue weighted by atomic mass is 10.2. The monoisotopic (exact) mass is 309 g/mol. The van der Waals surface area contributed by atoms with E-state index in [9.17, 15) is 9.59 Å². The number of carbonyl (C=O) groups is 2. The highest BCUT2D eigenvalue weighted by Gasteiger charge is 2.15. The van der Waals surface area contributed by atoms with E-state index in [1.54, 1.807) is 26.8 Å². The van der Waals surface area contributed by atoms with Gasteiger partial charge in [-0.15, -0.1) is 0 Å². The maximum Gasteiger partial charge on any atom is 0.407 e. The van der Waals surface area contributed by atoms with Crippen LogP contribution in [0.3, 0.4) is 0 Å². The topological polar surface area (TPSA) is 101 Å². The molecule has 22 heavy (non-hydrogen) atoms. The second-order valence-electron chi connectivity index (χ2n) is 5.75. The van der Waals surface area contributed by atoms with Gasteiger partial charge in [0.2, 0.25) is 0 Å². The number of nitrogens with one attached hydrogen (secondary N) is 2. The number of carboxylic acids is 1. The van der Waals surface area contributed by atoms with Gasteiger partial charge in [0.1, 0.15) is 11.4 Å². The number of rotatable bonds is 6. The Morgan fingerprint density at radius 3 is 2.50 bits per heavy atom. The Kier molecular flexibility index (Phi) is 6.15. The molecule has 0 bridgehead atoms. The lowest BCUT2D eigenvalue weighted by Crippen LogP contribution is -2.35. The number of anilines is 1. The van der Waals surface area contributed by atoms with Crippen molar-refractivity contribution in [2.75, 3.05) is 18.4 Å². The molecule has 0 saturated heterocycles. The molecule has 1 heterocycles. The Balaban J connectivity index is 2.50. The minimum atomic E-state index is -0.993. The number of aryl methyl sites for hydroxylation is 1. The largest absolute Gasteiger partial charge is 0.478 e. The maximum absolute atomic E-state index is 11.5. The third kappa shape index (κ3) is 6.43. The number of carboxylic acid groups (broad SMARTS) is 1. The predicted octanol–water partition coefficient (Wildman–Crippen LogP) is 2.28. The average Bonchev–Trinajstić information content (AvgIpc) is 2.41. The fraction of sp³-hybridized carbons (Fsp3) is 0.533. The first-order valence-electron chi connectivity index (χ1n) is 7.16. The molecular formula is C15H23N3O4. The molecule has 0 saturated carbocycles. The first-order valence-corrected chi connectivity index (χ1v) is 7.16. The van der Waals surface area contributed by atoms with Crippen LogP contribution in [0.1, 0.15) is 43.7 Å². The third-order valence-corrected chi connectivity index (χ3v) is 2.59. The number of hydrogen-bond acceptors (Lipinski definition) is 5. The highest BCUT2D eigenvalue weighted by atomic mass is 16.6. The molecule has 7 nitrogen and oxygen atoms in total. The highest BCUT2D eigenvalue weighted by molar-refractivity contribution is 5.88. The van der Waals surface area contributed by atoms with Crippen molar-refractivity contribution < 1.29 is 19.4 Å². The molecule has 1 aromatic heterocycles. The summed E-state index contributed by atoms with van der Waals surface area (Å²) in [5.74, 6) is -0.519. The summed E-state index contributed by atoms with van der Waals surface area (Å²) >= 11 is 0. The first-order chi connectivity index (χ1) is 10.2. The van der Waals surface area contributed by atoms with Gasteiger partial charge in [-0.2, -0.15) is 0 Å². The smallest absolute Gasteiger partial charge is 0.407 e. The van der Waals surface area contributed by atoms with Crippen LogP contribution in [0.4, 0.5) is 10.6 Å². The first kappa shape index (κ1) is 17.7. The average molecular weight is 309 g/mol. The molecule has 1 aromatic rings. The molecule has 0 radical (unpaired) electrons. The Morgan fingerprint density at radius 1 is 1.27 bits per heavy atom. The molecule has 3 N–H and O–H groups in total. The standard InChI is InChI=1S/C15H23N3O4/c1-5-11-8-10(13(19)20)9-12(18-11)16-6-7-17-14(21)22-15(2,3)4/h8-9H,5-7H2,1-4H3,(H,16,18)(H,17,21)(H,19,20). The molecule has 0 aliphatic rings. The van der Waals surface area contributed by atoms with E-state index in [-0.39, 0.29) is 5.56 Å². The van der Waals surface area contributed by atoms with E-state index >= 15 is 0 Å². The minimum Gasteiger partial charge on any atom is -0.478 e. The summed E-state index contributed by atoms with van der Waals surface area (Å²) in [7, 11) is 0. The predicted molar refractivity (Wildman–Crippen MR) is 83.3 cm³/mol. The van der Waals surface area contributed by atoms with E-state index in [2.05, 4.69) is 15.6 Å². The minimum absolute atomic E-state index is 0.189. The highest BCUT2D eigenvalue weighted by Crippen LogP contribution is 2.11. The Hall–Kier alpha value is -2.31. The van der Waals surface area contributed by atoms with Gasteiger partial charge in [-0.3, -0.25) is 0 Å². The maximum atomic E-state index is 11.5. The van der Waals surface area contributed by atoms with Crippen LogP contribution in [0, 0.1) is 0 Å². The van der Waals surface area contributed by atoms with Crippen LogP contribution in [0.25, 0.3) is 0 Å². The molecule has 1 rings (SSSR count). The molecular weight excluding hydrogens is 286 g/mol. The second kappa shape index (κ2) is 7.63. The zero-order valence-electron chi connectivity index (χ0n) is 13.4. The molecule has 0 aromatic carbocycles. The van der Waals surface area contributed by atoms with Crippen LogP contribution in [0.5, 0.6) is 0 Å². The number of aromatic carboxylic acids is 1. The van der Waals surface area contributed by atoms with Gasteiger partial charge in [-0.05, 0) is 39.3 Å². The number of aromatic nitrogens is 1. The van der Waals surface area contributed by atoms with Gasteiger partial charge < -0.3 is 20.5 Å². The van der Waals surface area contributed by atoms with Crippen LogP contribution in [0.2, 0.25) is 0 Å². The van der Waals surface area contributed by atoms with E-state index in [1.165, 1.54) is 6.07 Å². The fourth-order valence-corrected chi connectivity index (χ4v) is 1.65. The molecule has 0 aliphatic heterocycles. The van der Waals surface area contributed by atoms with Crippen molar-refractivity contribution in [3.63, 3.8) is 0 Å². The summed E-state index contributed by atoms with van der Waals surface area (Å²) in [5.41, 5.74) is 0.349. The Morgan fingerprint density at radius 2 is 1.95 bits per heavy atom. The molecule has 7 heteroatoms. The number of carbonyl (C=O) groups excluding carboxylic acids is 1. The van der Waals surface area contributed by atoms with Gasteiger partial charge in [0.25, 0.3) is 0 Å². The van der Waals surface area contributed by atoms with E-state index < -0.39 is 17.7 Å². The summed E-state index contributed by atoms with van der Waals surface area (Å²) in [6.45, 7) is 8.03. The zero-order chi connectivity index (χ0) is 16.8. The van der Waals surface area contributed by atoms with Crippen LogP contribution in [-0.4, -0.2) is 40.8 Å². The van der Waals surface area contributed by atoms with E-state index in [1.807, 2.05) is 6.92 Å². The quantitative estimate of drug-likeness (QED) is 0.697. The number of ether oxygens (including phenoxy) is 1. The molecule has 1 amide bonds. The summed E-state index contributed by atoms with van der Waals surface area (Å²) in [4.78, 5) is 26.8. The third-order valence-electron chi connectivity index (χ3n) is 2.59. The van der Waals surface area contributed by atoms with Crippen LogP contribution < -0.4 is 10.6 Å². The van der Waals surface area contributed by atoms with Gasteiger partial charge in [-0.1, -0.05) is 6.92 Å². The normalized spacial score (nSPS) is 10.9. The van der Waals surface area contributed by atoms with Crippen LogP contribution in [0.15, 0.2) is 12.1 Å². The van der Waals surface area contributed by atoms with Gasteiger partial charge in [0.05, 0.1) is 5.56 Å². The summed E-state index contributed by atoms with van der Waals surface area (Å²) < 4.78 is 5.11. The lowest BCUT2D eigenvalue weighted by molar-refractivity contribution is 0.0529. The fourth-order valence-electron chi connectivity index (χ4n) is 1.65. The van der Waals surface area contributed by atoms with Crippen LogP contribution in [-0.2, 0) is 11.2 Å². The van der Waals surface area contributed by atoms with Crippen LogP contribution >= 0.6 is 0 Å². The second-order valence-corrected chi connectivity index (χ2v) is 5.75. The number of pyridine rings is 1. The van der Waals surface area contributed by atoms with Crippen molar-refractivity contribution in [2.24, 2.45) is 0 Å². The Labute approximate surface area is 130 Å². The van der Waals surface area contributed by atoms with E-state index in [0.29, 0.717) is 31.0 Å². The van der Waals surface area contributed by atoms with Gasteiger partial charge in [0, 0.05) is 18.8 Å². The van der Waals surface area contributed by atoms with Crippen molar-refractivity contribution in [1.29, 1.82) is 0 Å². The molecule has 0 atom stereocenters. The van der Waals surface area contributed by atoms with Gasteiger partial charge >= 0.3 is 12.1 Å². The summed E-state index contributed by atoms with van der Waals surface area (Å²) in [5, 5.41) is 14.6. The molecule has 0 spiro atoms. The number of amides is 1. The van der Waals surface area contributed by atoms with Crippen molar-refractivity contribution in [3.05, 3.63) is 23.4 Å². The van der Waals surface area contributed by atoms with Crippen molar-refractivity contribution in [2.45, 2.75) is 39.7 Å². The SMILES string of the molecule is CCc1cc(C(=O)O)cc(NCCNC(=O)OC(C)(C)C)n1. The number of alkyl carbamates (subject to hydrolysis) is 1. The van der Waals surface area contributed by atoms with Crippen molar-refractivity contribution in [1.82, 2.24) is 10.3 Å². The summed E-state index contributed by atoms with van der Waals surface area (Å²) in [6, 6.07) is 3.02. The zero-order valence-corrected chi connectivity index (χ0v) is 13.4. The molecule has 0 fully saturated rings. The van der Waals surface area contributed by atoms with E-state index in [0.717, 1.165) is 0 Å². The lowest BCUT2D eigenvalue weighted by Gasteiger charge is -2.19. The van der Waals surface area contributed by atoms with E-state index in [4.69, 9.17) is 9.84 Å². The molecule has 0 aliphatic carbocycles. The molecule has 0 unspecified atom stereocenters. The van der Waals surface area contributed by atoms with Gasteiger partial charge in [0.15, 0.2) is 0 Å². The summed E-state index contributed by atoms with van der Waals surface area (Å²) in [6.07, 6.45) is 0.155. The van der Waals surface area contributed by atoms with Crippen molar-refractivity contribution >= 4 is 17.9 Å². The number of hydrogen-bond donors (Lipinski definition) is 3. The molecule has 122 valence electrons. The van der Waals surface area contributed by atoms with Gasteiger partial charge in [-0.25, -0.2) is 14.6 Å². The Bertz CT molecular complexity index is 538. The number of nitrogens with zero attached hydrogens (tertiary/aromatic N) is 1.